The highest BCUT2D eigenvalue weighted by atomic mass is 19.3. The average molecular weight is 221 g/mol. The van der Waals surface area contributed by atoms with Gasteiger partial charge in [0.15, 0.2) is 0 Å². The summed E-state index contributed by atoms with van der Waals surface area (Å²) in [6.07, 6.45) is -0.562. The predicted molar refractivity (Wildman–Crippen MR) is 56.2 cm³/mol. The maximum Gasteiger partial charge on any atom is 0.261 e. The molecule has 0 aromatic carbocycles. The van der Waals surface area contributed by atoms with Gasteiger partial charge < -0.3 is 10.1 Å². The molecule has 0 amide bonds. The van der Waals surface area contributed by atoms with Crippen molar-refractivity contribution < 1.29 is 13.5 Å². The van der Waals surface area contributed by atoms with Crippen molar-refractivity contribution in [3.05, 3.63) is 0 Å². The standard InChI is InChI=1S/C11H21F2NO/c1-4-11(3)8(14-5-2)6-9(11)15-7-10(12)13/h8-10,14H,4-7H2,1-3H3. The van der Waals surface area contributed by atoms with Gasteiger partial charge in [-0.25, -0.2) is 8.78 Å². The van der Waals surface area contributed by atoms with Crippen molar-refractivity contribution in [2.45, 2.75) is 52.2 Å². The van der Waals surface area contributed by atoms with Gasteiger partial charge in [0.2, 0.25) is 0 Å². The quantitative estimate of drug-likeness (QED) is 0.743. The van der Waals surface area contributed by atoms with Gasteiger partial charge in [-0.2, -0.15) is 0 Å². The van der Waals surface area contributed by atoms with E-state index in [1.807, 2.05) is 0 Å². The molecule has 0 radical (unpaired) electrons. The lowest BCUT2D eigenvalue weighted by atomic mass is 9.61. The minimum Gasteiger partial charge on any atom is -0.372 e. The molecule has 0 spiro atoms. The minimum absolute atomic E-state index is 0.0134. The Bertz CT molecular complexity index is 201. The average Bonchev–Trinajstić information content (AvgIpc) is 2.20. The number of halogens is 2. The van der Waals surface area contributed by atoms with E-state index in [1.54, 1.807) is 0 Å². The number of rotatable bonds is 6. The Morgan fingerprint density at radius 2 is 2.13 bits per heavy atom. The molecule has 1 saturated carbocycles. The van der Waals surface area contributed by atoms with Gasteiger partial charge in [0.1, 0.15) is 6.61 Å². The zero-order valence-corrected chi connectivity index (χ0v) is 9.72. The normalized spacial score (nSPS) is 35.6. The Kier molecular flexibility index (Phi) is 4.46. The molecule has 1 rings (SSSR count). The van der Waals surface area contributed by atoms with Crippen LogP contribution in [0.3, 0.4) is 0 Å². The van der Waals surface area contributed by atoms with Crippen LogP contribution in [0, 0.1) is 5.41 Å². The number of hydrogen-bond donors (Lipinski definition) is 1. The topological polar surface area (TPSA) is 21.3 Å². The van der Waals surface area contributed by atoms with Crippen LogP contribution in [0.15, 0.2) is 0 Å². The van der Waals surface area contributed by atoms with Crippen LogP contribution in [0.2, 0.25) is 0 Å². The maximum atomic E-state index is 12.0. The zero-order chi connectivity index (χ0) is 11.5. The molecule has 0 aromatic rings. The monoisotopic (exact) mass is 221 g/mol. The SMILES string of the molecule is CCNC1CC(OCC(F)F)C1(C)CC. The number of nitrogens with one attached hydrogen (secondary N) is 1. The summed E-state index contributed by atoms with van der Waals surface area (Å²) in [7, 11) is 0. The van der Waals surface area contributed by atoms with Crippen LogP contribution in [-0.4, -0.2) is 31.7 Å². The van der Waals surface area contributed by atoms with E-state index in [1.165, 1.54) is 0 Å². The molecule has 3 atom stereocenters. The molecule has 0 heterocycles. The van der Waals surface area contributed by atoms with Crippen LogP contribution >= 0.6 is 0 Å². The van der Waals surface area contributed by atoms with Crippen molar-refractivity contribution in [1.82, 2.24) is 5.32 Å². The van der Waals surface area contributed by atoms with E-state index < -0.39 is 13.0 Å². The molecule has 3 unspecified atom stereocenters. The van der Waals surface area contributed by atoms with E-state index in [-0.39, 0.29) is 11.5 Å². The van der Waals surface area contributed by atoms with Crippen LogP contribution in [-0.2, 0) is 4.74 Å². The highest BCUT2D eigenvalue weighted by molar-refractivity contribution is 5.04. The largest absolute Gasteiger partial charge is 0.372 e. The molecule has 0 saturated heterocycles. The summed E-state index contributed by atoms with van der Waals surface area (Å²) in [5.74, 6) is 0. The fourth-order valence-electron chi connectivity index (χ4n) is 2.30. The second-order valence-electron chi connectivity index (χ2n) is 4.42. The molecule has 4 heteroatoms. The predicted octanol–water partition coefficient (Wildman–Crippen LogP) is 2.43. The molecule has 15 heavy (non-hydrogen) atoms. The summed E-state index contributed by atoms with van der Waals surface area (Å²) in [6.45, 7) is 6.74. The highest BCUT2D eigenvalue weighted by Crippen LogP contribution is 2.45. The van der Waals surface area contributed by atoms with Crippen molar-refractivity contribution in [2.75, 3.05) is 13.2 Å². The van der Waals surface area contributed by atoms with E-state index in [2.05, 4.69) is 26.1 Å². The van der Waals surface area contributed by atoms with Gasteiger partial charge in [0.25, 0.3) is 6.43 Å². The first-order valence-electron chi connectivity index (χ1n) is 5.67. The molecule has 1 aliphatic carbocycles. The lowest BCUT2D eigenvalue weighted by Gasteiger charge is -2.53. The zero-order valence-electron chi connectivity index (χ0n) is 9.72. The first-order valence-corrected chi connectivity index (χ1v) is 5.67. The molecular weight excluding hydrogens is 200 g/mol. The lowest BCUT2D eigenvalue weighted by Crippen LogP contribution is -2.62. The van der Waals surface area contributed by atoms with Gasteiger partial charge in [-0.05, 0) is 19.4 Å². The van der Waals surface area contributed by atoms with Gasteiger partial charge in [-0.1, -0.05) is 20.8 Å². The minimum atomic E-state index is -2.36. The van der Waals surface area contributed by atoms with Crippen LogP contribution in [0.5, 0.6) is 0 Å². The third-order valence-electron chi connectivity index (χ3n) is 3.62. The van der Waals surface area contributed by atoms with E-state index in [4.69, 9.17) is 4.74 Å². The fourth-order valence-corrected chi connectivity index (χ4v) is 2.30. The molecule has 1 N–H and O–H groups in total. The second kappa shape index (κ2) is 5.21. The third kappa shape index (κ3) is 2.67. The molecule has 90 valence electrons. The molecule has 0 bridgehead atoms. The van der Waals surface area contributed by atoms with Crippen LogP contribution in [0.1, 0.15) is 33.6 Å². The Hall–Kier alpha value is -0.220. The molecular formula is C11H21F2NO. The van der Waals surface area contributed by atoms with Gasteiger partial charge in [0.05, 0.1) is 6.10 Å². The second-order valence-corrected chi connectivity index (χ2v) is 4.42. The Morgan fingerprint density at radius 1 is 1.47 bits per heavy atom. The van der Waals surface area contributed by atoms with Crippen LogP contribution < -0.4 is 5.32 Å². The summed E-state index contributed by atoms with van der Waals surface area (Å²) in [4.78, 5) is 0. The van der Waals surface area contributed by atoms with Crippen molar-refractivity contribution in [3.63, 3.8) is 0 Å². The maximum absolute atomic E-state index is 12.0. The first kappa shape index (κ1) is 12.8. The van der Waals surface area contributed by atoms with Gasteiger partial charge in [-0.3, -0.25) is 0 Å². The number of ether oxygens (including phenoxy) is 1. The molecule has 1 fully saturated rings. The van der Waals surface area contributed by atoms with E-state index in [0.717, 1.165) is 19.4 Å². The molecule has 2 nitrogen and oxygen atoms in total. The number of alkyl halides is 2. The highest BCUT2D eigenvalue weighted by Gasteiger charge is 2.50. The smallest absolute Gasteiger partial charge is 0.261 e. The summed E-state index contributed by atoms with van der Waals surface area (Å²) in [6, 6.07) is 0.412. The van der Waals surface area contributed by atoms with Crippen molar-refractivity contribution >= 4 is 0 Å². The van der Waals surface area contributed by atoms with Gasteiger partial charge >= 0.3 is 0 Å². The molecule has 1 aliphatic rings. The van der Waals surface area contributed by atoms with Crippen molar-refractivity contribution in [1.29, 1.82) is 0 Å². The van der Waals surface area contributed by atoms with E-state index >= 15 is 0 Å². The van der Waals surface area contributed by atoms with Crippen molar-refractivity contribution in [2.24, 2.45) is 5.41 Å². The third-order valence-corrected chi connectivity index (χ3v) is 3.62. The Balaban J connectivity index is 2.42. The van der Waals surface area contributed by atoms with Crippen LogP contribution in [0.25, 0.3) is 0 Å². The molecule has 0 aromatic heterocycles. The molecule has 0 aliphatic heterocycles. The van der Waals surface area contributed by atoms with Crippen LogP contribution in [0.4, 0.5) is 8.78 Å². The van der Waals surface area contributed by atoms with E-state index in [9.17, 15) is 8.78 Å². The first-order chi connectivity index (χ1) is 7.04. The fraction of sp³-hybridized carbons (Fsp3) is 1.00. The Morgan fingerprint density at radius 3 is 2.60 bits per heavy atom. The summed E-state index contributed by atoms with van der Waals surface area (Å²) in [5.41, 5.74) is 0.0188. The number of hydrogen-bond acceptors (Lipinski definition) is 2. The Labute approximate surface area is 90.4 Å². The summed E-state index contributed by atoms with van der Waals surface area (Å²) >= 11 is 0. The van der Waals surface area contributed by atoms with Gasteiger partial charge in [-0.15, -0.1) is 0 Å². The summed E-state index contributed by atoms with van der Waals surface area (Å²) in [5, 5.41) is 3.37. The lowest BCUT2D eigenvalue weighted by molar-refractivity contribution is -0.148. The summed E-state index contributed by atoms with van der Waals surface area (Å²) < 4.78 is 29.3. The van der Waals surface area contributed by atoms with Crippen molar-refractivity contribution in [3.8, 4) is 0 Å². The van der Waals surface area contributed by atoms with E-state index in [0.29, 0.717) is 6.04 Å². The van der Waals surface area contributed by atoms with Gasteiger partial charge in [0, 0.05) is 11.5 Å².